The molecule has 1 aliphatic rings. The molecule has 5 nitrogen and oxygen atoms in total. The normalized spacial score (nSPS) is 22.7. The van der Waals surface area contributed by atoms with Crippen LogP contribution < -0.4 is 10.5 Å². The van der Waals surface area contributed by atoms with Crippen LogP contribution in [0.5, 0.6) is 0 Å². The predicted molar refractivity (Wildman–Crippen MR) is 82.2 cm³/mol. The van der Waals surface area contributed by atoms with Crippen molar-refractivity contribution in [3.63, 3.8) is 0 Å². The summed E-state index contributed by atoms with van der Waals surface area (Å²) < 4.78 is 28.2. The number of pyridine rings is 1. The highest BCUT2D eigenvalue weighted by atomic mass is 32.2. The number of sulfonamides is 1. The van der Waals surface area contributed by atoms with Crippen molar-refractivity contribution in [2.24, 2.45) is 11.7 Å². The Labute approximate surface area is 124 Å². The fourth-order valence-electron chi connectivity index (χ4n) is 3.03. The van der Waals surface area contributed by atoms with Crippen LogP contribution in [0.15, 0.2) is 41.4 Å². The van der Waals surface area contributed by atoms with Gasteiger partial charge >= 0.3 is 0 Å². The summed E-state index contributed by atoms with van der Waals surface area (Å²) in [7, 11) is -3.58. The number of benzene rings is 1. The number of aromatic nitrogens is 1. The summed E-state index contributed by atoms with van der Waals surface area (Å²) in [6, 6.07) is 8.80. The monoisotopic (exact) mass is 305 g/mol. The molecule has 0 saturated heterocycles. The summed E-state index contributed by atoms with van der Waals surface area (Å²) in [5.41, 5.74) is 6.23. The largest absolute Gasteiger partial charge is 0.330 e. The summed E-state index contributed by atoms with van der Waals surface area (Å²) in [6.07, 6.45) is 4.46. The molecular weight excluding hydrogens is 286 g/mol. The molecule has 1 aromatic heterocycles. The number of nitrogens with two attached hydrogens (primary N) is 1. The van der Waals surface area contributed by atoms with Crippen molar-refractivity contribution in [1.29, 1.82) is 0 Å². The van der Waals surface area contributed by atoms with Gasteiger partial charge in [-0.1, -0.05) is 24.6 Å². The van der Waals surface area contributed by atoms with E-state index in [2.05, 4.69) is 9.71 Å². The second kappa shape index (κ2) is 5.71. The molecule has 1 heterocycles. The van der Waals surface area contributed by atoms with Crippen LogP contribution in [0, 0.1) is 5.92 Å². The minimum Gasteiger partial charge on any atom is -0.330 e. The van der Waals surface area contributed by atoms with Gasteiger partial charge in [-0.15, -0.1) is 0 Å². The van der Waals surface area contributed by atoms with E-state index in [1.165, 1.54) is 0 Å². The Morgan fingerprint density at radius 2 is 2.05 bits per heavy atom. The van der Waals surface area contributed by atoms with E-state index in [1.807, 2.05) is 12.1 Å². The zero-order chi connectivity index (χ0) is 14.9. The summed E-state index contributed by atoms with van der Waals surface area (Å²) in [5.74, 6) is 0.225. The van der Waals surface area contributed by atoms with Gasteiger partial charge in [0.1, 0.15) is 4.90 Å². The summed E-state index contributed by atoms with van der Waals surface area (Å²) >= 11 is 0. The van der Waals surface area contributed by atoms with Gasteiger partial charge in [0.15, 0.2) is 0 Å². The summed E-state index contributed by atoms with van der Waals surface area (Å²) in [5, 5.41) is 0.821. The number of nitrogens with one attached hydrogen (secondary N) is 1. The summed E-state index contributed by atoms with van der Waals surface area (Å²) in [4.78, 5) is 4.46. The van der Waals surface area contributed by atoms with Crippen molar-refractivity contribution < 1.29 is 8.42 Å². The maximum atomic E-state index is 12.7. The zero-order valence-electron chi connectivity index (χ0n) is 11.7. The Morgan fingerprint density at radius 1 is 1.24 bits per heavy atom. The van der Waals surface area contributed by atoms with Crippen molar-refractivity contribution in [2.45, 2.75) is 30.2 Å². The quantitative estimate of drug-likeness (QED) is 0.899. The van der Waals surface area contributed by atoms with Gasteiger partial charge in [-0.05, 0) is 37.4 Å². The SMILES string of the molecule is NCC1CCCC1NS(=O)(=O)c1cccc2cccnc12. The lowest BCUT2D eigenvalue weighted by molar-refractivity contribution is 0.453. The second-order valence-electron chi connectivity index (χ2n) is 5.49. The van der Waals surface area contributed by atoms with E-state index in [9.17, 15) is 8.42 Å². The molecule has 3 N–H and O–H groups in total. The van der Waals surface area contributed by atoms with Gasteiger partial charge in [-0.2, -0.15) is 0 Å². The van der Waals surface area contributed by atoms with E-state index in [0.29, 0.717) is 12.1 Å². The average Bonchev–Trinajstić information content (AvgIpc) is 2.93. The molecule has 0 bridgehead atoms. The van der Waals surface area contributed by atoms with Crippen molar-refractivity contribution in [3.05, 3.63) is 36.5 Å². The molecule has 2 aromatic rings. The third-order valence-electron chi connectivity index (χ3n) is 4.15. The van der Waals surface area contributed by atoms with Gasteiger partial charge in [-0.3, -0.25) is 4.98 Å². The average molecular weight is 305 g/mol. The fourth-order valence-corrected chi connectivity index (χ4v) is 4.55. The molecule has 0 aliphatic heterocycles. The lowest BCUT2D eigenvalue weighted by atomic mass is 10.1. The van der Waals surface area contributed by atoms with Gasteiger partial charge in [0.2, 0.25) is 10.0 Å². The highest BCUT2D eigenvalue weighted by Crippen LogP contribution is 2.27. The Bertz CT molecular complexity index is 740. The smallest absolute Gasteiger partial charge is 0.242 e. The van der Waals surface area contributed by atoms with Gasteiger partial charge < -0.3 is 5.73 Å². The van der Waals surface area contributed by atoms with E-state index in [1.54, 1.807) is 24.4 Å². The van der Waals surface area contributed by atoms with Crippen LogP contribution in [0.1, 0.15) is 19.3 Å². The van der Waals surface area contributed by atoms with Gasteiger partial charge in [-0.25, -0.2) is 13.1 Å². The van der Waals surface area contributed by atoms with Crippen molar-refractivity contribution >= 4 is 20.9 Å². The van der Waals surface area contributed by atoms with Crippen LogP contribution in [-0.2, 0) is 10.0 Å². The predicted octanol–water partition coefficient (Wildman–Crippen LogP) is 1.64. The van der Waals surface area contributed by atoms with Crippen LogP contribution >= 0.6 is 0 Å². The third-order valence-corrected chi connectivity index (χ3v) is 5.68. The Balaban J connectivity index is 1.97. The van der Waals surface area contributed by atoms with Crippen LogP contribution in [0.3, 0.4) is 0 Å². The zero-order valence-corrected chi connectivity index (χ0v) is 12.5. The first-order valence-electron chi connectivity index (χ1n) is 7.18. The van der Waals surface area contributed by atoms with Crippen LogP contribution in [0.25, 0.3) is 10.9 Å². The number of hydrogen-bond donors (Lipinski definition) is 2. The number of hydrogen-bond acceptors (Lipinski definition) is 4. The lowest BCUT2D eigenvalue weighted by Crippen LogP contribution is -2.39. The van der Waals surface area contributed by atoms with Gasteiger partial charge in [0.25, 0.3) is 0 Å². The molecule has 2 atom stereocenters. The molecule has 1 aliphatic carbocycles. The second-order valence-corrected chi connectivity index (χ2v) is 7.17. The van der Waals surface area contributed by atoms with Crippen molar-refractivity contribution in [1.82, 2.24) is 9.71 Å². The molecule has 0 radical (unpaired) electrons. The first-order chi connectivity index (χ1) is 10.1. The first-order valence-corrected chi connectivity index (χ1v) is 8.66. The number of para-hydroxylation sites is 1. The lowest BCUT2D eigenvalue weighted by Gasteiger charge is -2.19. The minimum absolute atomic E-state index is 0.0704. The molecule has 1 saturated carbocycles. The third kappa shape index (κ3) is 2.79. The fraction of sp³-hybridized carbons (Fsp3) is 0.400. The van der Waals surface area contributed by atoms with Gasteiger partial charge in [0, 0.05) is 17.6 Å². The van der Waals surface area contributed by atoms with Crippen LogP contribution in [-0.4, -0.2) is 26.0 Å². The van der Waals surface area contributed by atoms with Crippen molar-refractivity contribution in [2.75, 3.05) is 6.54 Å². The molecule has 6 heteroatoms. The molecular formula is C15H19N3O2S. The van der Waals surface area contributed by atoms with E-state index in [0.717, 1.165) is 24.6 Å². The molecule has 0 amide bonds. The molecule has 1 aromatic carbocycles. The Morgan fingerprint density at radius 3 is 2.86 bits per heavy atom. The molecule has 112 valence electrons. The maximum absolute atomic E-state index is 12.7. The standard InChI is InChI=1S/C15H19N3O2S/c16-10-12-5-1-7-13(12)18-21(19,20)14-8-2-4-11-6-3-9-17-15(11)14/h2-4,6,8-9,12-13,18H,1,5,7,10,16H2. The number of fused-ring (bicyclic) bond motifs is 1. The van der Waals surface area contributed by atoms with Crippen LogP contribution in [0.4, 0.5) is 0 Å². The highest BCUT2D eigenvalue weighted by molar-refractivity contribution is 7.89. The molecule has 0 spiro atoms. The molecule has 3 rings (SSSR count). The highest BCUT2D eigenvalue weighted by Gasteiger charge is 2.31. The summed E-state index contributed by atoms with van der Waals surface area (Å²) in [6.45, 7) is 0.515. The topological polar surface area (TPSA) is 85.1 Å². The Kier molecular flexibility index (Phi) is 3.93. The van der Waals surface area contributed by atoms with Gasteiger partial charge in [0.05, 0.1) is 5.52 Å². The van der Waals surface area contributed by atoms with Crippen LogP contribution in [0.2, 0.25) is 0 Å². The maximum Gasteiger partial charge on any atom is 0.242 e. The van der Waals surface area contributed by atoms with E-state index < -0.39 is 10.0 Å². The number of nitrogens with zero attached hydrogens (tertiary/aromatic N) is 1. The molecule has 2 unspecified atom stereocenters. The van der Waals surface area contributed by atoms with E-state index in [-0.39, 0.29) is 16.9 Å². The van der Waals surface area contributed by atoms with Crippen molar-refractivity contribution in [3.8, 4) is 0 Å². The Hall–Kier alpha value is -1.50. The number of rotatable bonds is 4. The first kappa shape index (κ1) is 14.4. The molecule has 21 heavy (non-hydrogen) atoms. The molecule has 1 fully saturated rings. The minimum atomic E-state index is -3.58. The van der Waals surface area contributed by atoms with E-state index >= 15 is 0 Å². The van der Waals surface area contributed by atoms with E-state index in [4.69, 9.17) is 5.73 Å².